The van der Waals surface area contributed by atoms with Crippen LogP contribution in [0.3, 0.4) is 0 Å². The summed E-state index contributed by atoms with van der Waals surface area (Å²) in [5.41, 5.74) is 5.38. The van der Waals surface area contributed by atoms with Gasteiger partial charge in [-0.2, -0.15) is 0 Å². The average molecular weight is 399 g/mol. The van der Waals surface area contributed by atoms with Gasteiger partial charge in [0.25, 0.3) is 0 Å². The molecule has 0 unspecified atom stereocenters. The van der Waals surface area contributed by atoms with Gasteiger partial charge in [0.05, 0.1) is 7.85 Å². The quantitative estimate of drug-likeness (QED) is 0.496. The van der Waals surface area contributed by atoms with Gasteiger partial charge in [-0.05, 0) is 23.3 Å². The average Bonchev–Trinajstić information content (AvgIpc) is 2.58. The van der Waals surface area contributed by atoms with Crippen LogP contribution in [0, 0.1) is 0 Å². The number of nitrogens with zero attached hydrogens (tertiary/aromatic N) is 1. The molecule has 110 valence electrons. The molecule has 4 heteroatoms. The summed E-state index contributed by atoms with van der Waals surface area (Å²) in [6.07, 6.45) is 2.94. The molecule has 0 saturated heterocycles. The molecule has 0 N–H and O–H groups in total. The molecule has 0 amide bonds. The zero-order valence-corrected chi connectivity index (χ0v) is 15.4. The van der Waals surface area contributed by atoms with E-state index in [4.69, 9.17) is 7.85 Å². The van der Waals surface area contributed by atoms with Crippen molar-refractivity contribution in [3.8, 4) is 0 Å². The lowest BCUT2D eigenvalue weighted by Crippen LogP contribution is -2.43. The summed E-state index contributed by atoms with van der Waals surface area (Å²) in [6.45, 7) is 4.38. The molecule has 1 nitrogen and oxygen atoms in total. The van der Waals surface area contributed by atoms with E-state index in [1.54, 1.807) is 0 Å². The summed E-state index contributed by atoms with van der Waals surface area (Å²) in [4.78, 5) is 2.45. The van der Waals surface area contributed by atoms with Crippen molar-refractivity contribution in [2.45, 2.75) is 38.3 Å². The van der Waals surface area contributed by atoms with Crippen LogP contribution in [0.5, 0.6) is 0 Å². The van der Waals surface area contributed by atoms with Gasteiger partial charge in [0.1, 0.15) is 0 Å². The van der Waals surface area contributed by atoms with Crippen molar-refractivity contribution in [3.05, 3.63) is 59.7 Å². The van der Waals surface area contributed by atoms with Gasteiger partial charge in [-0.1, -0.05) is 68.3 Å². The van der Waals surface area contributed by atoms with E-state index >= 15 is 0 Å². The van der Waals surface area contributed by atoms with Crippen LogP contribution in [0.1, 0.15) is 37.8 Å². The van der Waals surface area contributed by atoms with Gasteiger partial charge in [-0.25, -0.2) is 0 Å². The van der Waals surface area contributed by atoms with Crippen LogP contribution in [0.2, 0.25) is 5.21 Å². The zero-order valence-electron chi connectivity index (χ0n) is 13.2. The van der Waals surface area contributed by atoms with E-state index in [-0.39, 0.29) is 9.92 Å². The topological polar surface area (TPSA) is 3.24 Å². The lowest BCUT2D eigenvalue weighted by molar-refractivity contribution is 0.686. The van der Waals surface area contributed by atoms with E-state index < -0.39 is 0 Å². The fourth-order valence-electron chi connectivity index (χ4n) is 3.21. The highest BCUT2D eigenvalue weighted by atomic mass is 127. The number of hydrogen-bond acceptors (Lipinski definition) is 1. The highest BCUT2D eigenvalue weighted by molar-refractivity contribution is 14.1. The molecule has 1 aliphatic heterocycles. The van der Waals surface area contributed by atoms with E-state index in [0.29, 0.717) is 0 Å². The van der Waals surface area contributed by atoms with E-state index in [2.05, 4.69) is 89.6 Å². The molecule has 0 fully saturated rings. The highest BCUT2D eigenvalue weighted by Gasteiger charge is 2.40. The Labute approximate surface area is 148 Å². The Morgan fingerprint density at radius 1 is 1.00 bits per heavy atom. The lowest BCUT2D eigenvalue weighted by atomic mass is 9.44. The fourth-order valence-corrected chi connectivity index (χ4v) is 4.69. The van der Waals surface area contributed by atoms with Crippen LogP contribution >= 0.6 is 22.4 Å². The molecule has 0 aliphatic carbocycles. The molecular formula is C18H20B2IN. The third-order valence-electron chi connectivity index (χ3n) is 4.90. The van der Waals surface area contributed by atoms with Crippen molar-refractivity contribution in [3.63, 3.8) is 0 Å². The summed E-state index contributed by atoms with van der Waals surface area (Å²) >= 11 is 2.53. The number of halogens is 1. The van der Waals surface area contributed by atoms with Gasteiger partial charge in [0, 0.05) is 17.8 Å². The van der Waals surface area contributed by atoms with Crippen molar-refractivity contribution in [2.24, 2.45) is 0 Å². The Bertz CT molecular complexity index is 624. The summed E-state index contributed by atoms with van der Waals surface area (Å²) in [7, 11) is 6.74. The highest BCUT2D eigenvalue weighted by Crippen LogP contribution is 2.47. The second kappa shape index (κ2) is 6.31. The Hall–Kier alpha value is -0.900. The van der Waals surface area contributed by atoms with E-state index in [0.717, 1.165) is 19.3 Å². The minimum absolute atomic E-state index is 0.196. The molecule has 0 atom stereocenters. The minimum Gasteiger partial charge on any atom is -0.376 e. The molecule has 0 bridgehead atoms. The summed E-state index contributed by atoms with van der Waals surface area (Å²) in [6, 6.07) is 17.4. The maximum absolute atomic E-state index is 6.74. The van der Waals surface area contributed by atoms with E-state index in [1.165, 1.54) is 22.5 Å². The molecule has 2 aromatic rings. The molecule has 0 aromatic heterocycles. The molecule has 0 spiro atoms. The third-order valence-corrected chi connectivity index (χ3v) is 6.70. The van der Waals surface area contributed by atoms with Gasteiger partial charge in [-0.3, -0.25) is 0 Å². The largest absolute Gasteiger partial charge is 0.376 e. The van der Waals surface area contributed by atoms with Crippen LogP contribution in [0.4, 0.5) is 11.4 Å². The second-order valence-corrected chi connectivity index (χ2v) is 7.26. The predicted octanol–water partition coefficient (Wildman–Crippen LogP) is 5.34. The number of anilines is 2. The van der Waals surface area contributed by atoms with Crippen molar-refractivity contribution in [2.75, 3.05) is 4.81 Å². The smallest absolute Gasteiger partial charge is 0.330 e. The van der Waals surface area contributed by atoms with Crippen molar-refractivity contribution >= 4 is 46.3 Å². The van der Waals surface area contributed by atoms with Crippen LogP contribution in [0.25, 0.3) is 0 Å². The lowest BCUT2D eigenvalue weighted by Gasteiger charge is -2.43. The molecule has 22 heavy (non-hydrogen) atoms. The van der Waals surface area contributed by atoms with Gasteiger partial charge in [0.2, 0.25) is 0 Å². The second-order valence-electron chi connectivity index (χ2n) is 6.08. The van der Waals surface area contributed by atoms with Crippen LogP contribution in [-0.2, 0) is 6.42 Å². The molecule has 1 heterocycles. The molecule has 2 radical (unpaired) electrons. The molecular weight excluding hydrogens is 379 g/mol. The van der Waals surface area contributed by atoms with Gasteiger partial charge >= 0.3 is 4.70 Å². The normalized spacial score (nSPS) is 13.5. The van der Waals surface area contributed by atoms with Gasteiger partial charge < -0.3 is 4.81 Å². The Balaban J connectivity index is 2.14. The monoisotopic (exact) mass is 399 g/mol. The first-order valence-corrected chi connectivity index (χ1v) is 9.23. The Morgan fingerprint density at radius 3 is 1.91 bits per heavy atom. The predicted molar refractivity (Wildman–Crippen MR) is 107 cm³/mol. The number of hydrogen-bond donors (Lipinski definition) is 0. The maximum atomic E-state index is 6.74. The molecule has 2 aromatic carbocycles. The first kappa shape index (κ1) is 16.0. The maximum Gasteiger partial charge on any atom is 0.330 e. The molecule has 0 saturated carbocycles. The van der Waals surface area contributed by atoms with E-state index in [1.807, 2.05) is 0 Å². The number of fused-ring (bicyclic) bond motifs is 2. The minimum atomic E-state index is -0.196. The van der Waals surface area contributed by atoms with E-state index in [9.17, 15) is 0 Å². The first-order valence-electron chi connectivity index (χ1n) is 7.98. The fraction of sp³-hybridized carbons (Fsp3) is 0.333. The van der Waals surface area contributed by atoms with Gasteiger partial charge in [-0.15, -0.1) is 22.4 Å². The number of para-hydroxylation sites is 2. The summed E-state index contributed by atoms with van der Waals surface area (Å²) in [5.74, 6) is 0. The SMILES string of the molecule is [B]C(CC)(CC)B(I)N1c2ccccc2Cc2ccccc21. The Kier molecular flexibility index (Phi) is 4.58. The van der Waals surface area contributed by atoms with Crippen molar-refractivity contribution in [1.29, 1.82) is 0 Å². The number of rotatable bonds is 4. The van der Waals surface area contributed by atoms with Crippen molar-refractivity contribution < 1.29 is 0 Å². The first-order chi connectivity index (χ1) is 10.6. The summed E-state index contributed by atoms with van der Waals surface area (Å²) < 4.78 is 0.225. The van der Waals surface area contributed by atoms with Crippen LogP contribution in [-0.4, -0.2) is 12.6 Å². The number of benzene rings is 2. The standard InChI is InChI=1S/C18H20B2IN/c1-3-18(19,4-2)20(21)22-16-11-7-5-9-14(16)13-15-10-6-8-12-17(15)22/h5-12H,3-4,13H2,1-2H3. The van der Waals surface area contributed by atoms with Crippen LogP contribution < -0.4 is 4.81 Å². The summed E-state index contributed by atoms with van der Waals surface area (Å²) in [5, 5.41) is -0.196. The third kappa shape index (κ3) is 2.60. The Morgan fingerprint density at radius 2 is 1.45 bits per heavy atom. The molecule has 3 rings (SSSR count). The van der Waals surface area contributed by atoms with Crippen molar-refractivity contribution in [1.82, 2.24) is 0 Å². The molecule has 1 aliphatic rings. The van der Waals surface area contributed by atoms with Crippen LogP contribution in [0.15, 0.2) is 48.5 Å². The zero-order chi connectivity index (χ0) is 15.7. The van der Waals surface area contributed by atoms with Gasteiger partial charge in [0.15, 0.2) is 0 Å².